The molecular formula is C18H29N3. The van der Waals surface area contributed by atoms with Gasteiger partial charge in [-0.2, -0.15) is 0 Å². The number of nitrogens with one attached hydrogen (secondary N) is 1. The molecule has 2 aliphatic rings. The van der Waals surface area contributed by atoms with Gasteiger partial charge in [0.2, 0.25) is 0 Å². The highest BCUT2D eigenvalue weighted by Crippen LogP contribution is 2.26. The lowest BCUT2D eigenvalue weighted by atomic mass is 10.1. The molecule has 1 aliphatic heterocycles. The maximum absolute atomic E-state index is 3.24. The number of aryl methyl sites for hydroxylation is 1. The van der Waals surface area contributed by atoms with Crippen molar-refractivity contribution in [2.75, 3.05) is 38.1 Å². The highest BCUT2D eigenvalue weighted by atomic mass is 15.3. The van der Waals surface area contributed by atoms with Crippen LogP contribution in [0.25, 0.3) is 0 Å². The highest BCUT2D eigenvalue weighted by molar-refractivity contribution is 5.51. The molecule has 1 saturated heterocycles. The molecule has 0 amide bonds. The molecule has 0 atom stereocenters. The van der Waals surface area contributed by atoms with Crippen molar-refractivity contribution in [3.05, 3.63) is 29.3 Å². The molecule has 116 valence electrons. The Hall–Kier alpha value is -1.06. The Balaban J connectivity index is 1.59. The first-order valence-corrected chi connectivity index (χ1v) is 8.51. The number of anilines is 1. The highest BCUT2D eigenvalue weighted by Gasteiger charge is 2.26. The summed E-state index contributed by atoms with van der Waals surface area (Å²) in [6.45, 7) is 8.03. The Kier molecular flexibility index (Phi) is 4.81. The zero-order chi connectivity index (χ0) is 14.7. The average Bonchev–Trinajstić information content (AvgIpc) is 3.04. The Morgan fingerprint density at radius 3 is 2.43 bits per heavy atom. The summed E-state index contributed by atoms with van der Waals surface area (Å²) in [6, 6.07) is 7.82. The molecule has 3 heteroatoms. The lowest BCUT2D eigenvalue weighted by Crippen LogP contribution is -2.49. The van der Waals surface area contributed by atoms with E-state index >= 15 is 0 Å². The molecule has 1 heterocycles. The molecule has 0 aromatic heterocycles. The van der Waals surface area contributed by atoms with Gasteiger partial charge in [-0.05, 0) is 50.1 Å². The predicted octanol–water partition coefficient (Wildman–Crippen LogP) is 2.78. The fraction of sp³-hybridized carbons (Fsp3) is 0.667. The summed E-state index contributed by atoms with van der Waals surface area (Å²) in [6.07, 6.45) is 5.74. The van der Waals surface area contributed by atoms with E-state index < -0.39 is 0 Å². The van der Waals surface area contributed by atoms with Crippen molar-refractivity contribution in [2.45, 2.75) is 45.2 Å². The van der Waals surface area contributed by atoms with Crippen LogP contribution in [-0.4, -0.2) is 44.2 Å². The summed E-state index contributed by atoms with van der Waals surface area (Å²) in [4.78, 5) is 5.29. The molecule has 1 N–H and O–H groups in total. The van der Waals surface area contributed by atoms with E-state index in [4.69, 9.17) is 0 Å². The van der Waals surface area contributed by atoms with Crippen molar-refractivity contribution in [3.63, 3.8) is 0 Å². The quantitative estimate of drug-likeness (QED) is 0.918. The van der Waals surface area contributed by atoms with Gasteiger partial charge in [0.25, 0.3) is 0 Å². The van der Waals surface area contributed by atoms with Crippen LogP contribution in [0.4, 0.5) is 5.69 Å². The molecule has 1 aromatic rings. The lowest BCUT2D eigenvalue weighted by molar-refractivity contribution is 0.187. The first-order valence-electron chi connectivity index (χ1n) is 8.51. The molecule has 21 heavy (non-hydrogen) atoms. The molecule has 1 saturated carbocycles. The molecule has 1 aliphatic carbocycles. The first kappa shape index (κ1) is 14.9. The van der Waals surface area contributed by atoms with Crippen LogP contribution in [0.3, 0.4) is 0 Å². The van der Waals surface area contributed by atoms with E-state index in [1.807, 2.05) is 7.05 Å². The van der Waals surface area contributed by atoms with E-state index in [9.17, 15) is 0 Å². The zero-order valence-electron chi connectivity index (χ0n) is 13.6. The van der Waals surface area contributed by atoms with Crippen molar-refractivity contribution in [3.8, 4) is 0 Å². The average molecular weight is 287 g/mol. The van der Waals surface area contributed by atoms with Crippen LogP contribution in [0.2, 0.25) is 0 Å². The minimum Gasteiger partial charge on any atom is -0.369 e. The predicted molar refractivity (Wildman–Crippen MR) is 90.0 cm³/mol. The molecule has 0 unspecified atom stereocenters. The van der Waals surface area contributed by atoms with E-state index in [-0.39, 0.29) is 0 Å². The maximum Gasteiger partial charge on any atom is 0.0369 e. The van der Waals surface area contributed by atoms with Crippen molar-refractivity contribution in [2.24, 2.45) is 0 Å². The van der Waals surface area contributed by atoms with Gasteiger partial charge in [0, 0.05) is 44.5 Å². The van der Waals surface area contributed by atoms with Gasteiger partial charge in [0.05, 0.1) is 0 Å². The second-order valence-electron chi connectivity index (χ2n) is 6.60. The number of nitrogens with zero attached hydrogens (tertiary/aromatic N) is 2. The molecule has 2 fully saturated rings. The summed E-state index contributed by atoms with van der Waals surface area (Å²) in [7, 11) is 2.01. The number of piperazine rings is 1. The van der Waals surface area contributed by atoms with Crippen molar-refractivity contribution in [1.82, 2.24) is 10.2 Å². The summed E-state index contributed by atoms with van der Waals surface area (Å²) < 4.78 is 0. The Morgan fingerprint density at radius 1 is 1.10 bits per heavy atom. The zero-order valence-corrected chi connectivity index (χ0v) is 13.6. The smallest absolute Gasteiger partial charge is 0.0369 e. The monoisotopic (exact) mass is 287 g/mol. The van der Waals surface area contributed by atoms with Gasteiger partial charge in [0.1, 0.15) is 0 Å². The SMILES string of the molecule is CNCc1ccc(N2CCN(C3CCCC3)CC2)cc1C. The van der Waals surface area contributed by atoms with Gasteiger partial charge >= 0.3 is 0 Å². The topological polar surface area (TPSA) is 18.5 Å². The fourth-order valence-corrected chi connectivity index (χ4v) is 3.88. The molecule has 3 nitrogen and oxygen atoms in total. The lowest BCUT2D eigenvalue weighted by Gasteiger charge is -2.39. The van der Waals surface area contributed by atoms with Gasteiger partial charge in [-0.25, -0.2) is 0 Å². The molecule has 3 rings (SSSR count). The third-order valence-electron chi connectivity index (χ3n) is 5.21. The molecule has 0 spiro atoms. The standard InChI is InChI=1S/C18H29N3/c1-15-13-18(8-7-16(15)14-19-2)21-11-9-20(10-12-21)17-5-3-4-6-17/h7-8,13,17,19H,3-6,9-12,14H2,1-2H3. The van der Waals surface area contributed by atoms with Crippen LogP contribution in [0.1, 0.15) is 36.8 Å². The van der Waals surface area contributed by atoms with E-state index in [1.54, 1.807) is 0 Å². The van der Waals surface area contributed by atoms with Crippen LogP contribution in [-0.2, 0) is 6.54 Å². The van der Waals surface area contributed by atoms with Gasteiger partial charge in [0.15, 0.2) is 0 Å². The fourth-order valence-electron chi connectivity index (χ4n) is 3.88. The van der Waals surface area contributed by atoms with Crippen molar-refractivity contribution in [1.29, 1.82) is 0 Å². The van der Waals surface area contributed by atoms with Gasteiger partial charge < -0.3 is 10.2 Å². The van der Waals surface area contributed by atoms with E-state index in [2.05, 4.69) is 40.2 Å². The maximum atomic E-state index is 3.24. The van der Waals surface area contributed by atoms with Crippen molar-refractivity contribution >= 4 is 5.69 Å². The van der Waals surface area contributed by atoms with Crippen LogP contribution in [0.5, 0.6) is 0 Å². The number of benzene rings is 1. The van der Waals surface area contributed by atoms with Crippen LogP contribution >= 0.6 is 0 Å². The van der Waals surface area contributed by atoms with Crippen LogP contribution in [0, 0.1) is 6.92 Å². The molecular weight excluding hydrogens is 258 g/mol. The normalized spacial score (nSPS) is 21.1. The Morgan fingerprint density at radius 2 is 1.81 bits per heavy atom. The number of rotatable bonds is 4. The van der Waals surface area contributed by atoms with Crippen LogP contribution in [0.15, 0.2) is 18.2 Å². The number of hydrogen-bond donors (Lipinski definition) is 1. The van der Waals surface area contributed by atoms with E-state index in [0.717, 1.165) is 12.6 Å². The second-order valence-corrected chi connectivity index (χ2v) is 6.60. The molecule has 1 aromatic carbocycles. The molecule has 0 bridgehead atoms. The van der Waals surface area contributed by atoms with Gasteiger partial charge in [-0.15, -0.1) is 0 Å². The minimum absolute atomic E-state index is 0.881. The minimum atomic E-state index is 0.881. The Labute approximate surface area is 129 Å². The van der Waals surface area contributed by atoms with Gasteiger partial charge in [-0.3, -0.25) is 4.90 Å². The summed E-state index contributed by atoms with van der Waals surface area (Å²) in [5.41, 5.74) is 4.21. The second kappa shape index (κ2) is 6.80. The van der Waals surface area contributed by atoms with Gasteiger partial charge in [-0.1, -0.05) is 18.9 Å². The third kappa shape index (κ3) is 3.41. The summed E-state index contributed by atoms with van der Waals surface area (Å²) in [5, 5.41) is 3.24. The van der Waals surface area contributed by atoms with Crippen molar-refractivity contribution < 1.29 is 0 Å². The summed E-state index contributed by atoms with van der Waals surface area (Å²) >= 11 is 0. The van der Waals surface area contributed by atoms with E-state index in [1.165, 1.54) is 68.7 Å². The molecule has 0 radical (unpaired) electrons. The third-order valence-corrected chi connectivity index (χ3v) is 5.21. The van der Waals surface area contributed by atoms with E-state index in [0.29, 0.717) is 0 Å². The Bertz CT molecular complexity index is 458. The number of hydrogen-bond acceptors (Lipinski definition) is 3. The van der Waals surface area contributed by atoms with Crippen LogP contribution < -0.4 is 10.2 Å². The summed E-state index contributed by atoms with van der Waals surface area (Å²) in [5.74, 6) is 0. The largest absolute Gasteiger partial charge is 0.369 e. The first-order chi connectivity index (χ1) is 10.3.